The topological polar surface area (TPSA) is 73.2 Å². The highest BCUT2D eigenvalue weighted by Crippen LogP contribution is 2.27. The zero-order valence-corrected chi connectivity index (χ0v) is 9.36. The molecule has 0 unspecified atom stereocenters. The third kappa shape index (κ3) is 1.97. The molecule has 0 aromatic heterocycles. The molecule has 0 atom stereocenters. The van der Waals surface area contributed by atoms with Gasteiger partial charge in [0.25, 0.3) is 11.7 Å². The molecule has 5 nitrogen and oxygen atoms in total. The number of Topliss-reactive ketones (excluding diaryl/α,β-unsaturated/α-hetero) is 1. The van der Waals surface area contributed by atoms with Crippen molar-refractivity contribution >= 4 is 23.1 Å². The lowest BCUT2D eigenvalue weighted by molar-refractivity contribution is -0.112. The van der Waals surface area contributed by atoms with Crippen molar-refractivity contribution < 1.29 is 9.59 Å². The van der Waals surface area contributed by atoms with Crippen LogP contribution in [0.4, 0.5) is 11.4 Å². The molecule has 86 valence electrons. The van der Waals surface area contributed by atoms with Gasteiger partial charge in [0.15, 0.2) is 0 Å². The van der Waals surface area contributed by atoms with Gasteiger partial charge in [-0.2, -0.15) is 5.26 Å². The Hall–Kier alpha value is -2.35. The molecule has 0 bridgehead atoms. The fourth-order valence-electron chi connectivity index (χ4n) is 1.72. The first-order chi connectivity index (χ1) is 8.13. The summed E-state index contributed by atoms with van der Waals surface area (Å²) in [6.45, 7) is 0.608. The molecule has 17 heavy (non-hydrogen) atoms. The Morgan fingerprint density at radius 2 is 2.18 bits per heavy atom. The minimum atomic E-state index is -0.586. The molecule has 1 aliphatic rings. The maximum atomic E-state index is 11.4. The molecule has 0 saturated heterocycles. The average molecular weight is 229 g/mol. The Balaban J connectivity index is 2.24. The van der Waals surface area contributed by atoms with Gasteiger partial charge in [-0.3, -0.25) is 9.59 Å². The SMILES string of the molecule is CN(CCC#N)c1ccc2c(c1)NC(=O)C2=O. The molecule has 2 rings (SSSR count). The van der Waals surface area contributed by atoms with Gasteiger partial charge >= 0.3 is 0 Å². The van der Waals surface area contributed by atoms with E-state index in [1.54, 1.807) is 18.2 Å². The Morgan fingerprint density at radius 1 is 1.41 bits per heavy atom. The van der Waals surface area contributed by atoms with Crippen LogP contribution in [-0.4, -0.2) is 25.3 Å². The number of ketones is 1. The first kappa shape index (κ1) is 11.1. The number of nitrogens with one attached hydrogen (secondary N) is 1. The van der Waals surface area contributed by atoms with Crippen molar-refractivity contribution in [3.63, 3.8) is 0 Å². The van der Waals surface area contributed by atoms with Crippen LogP contribution in [0.1, 0.15) is 16.8 Å². The van der Waals surface area contributed by atoms with Gasteiger partial charge in [-0.05, 0) is 18.2 Å². The second-order valence-electron chi connectivity index (χ2n) is 3.84. The zero-order valence-electron chi connectivity index (χ0n) is 9.36. The summed E-state index contributed by atoms with van der Waals surface area (Å²) in [5.41, 5.74) is 1.82. The molecule has 0 spiro atoms. The summed E-state index contributed by atoms with van der Waals surface area (Å²) in [6, 6.07) is 7.22. The van der Waals surface area contributed by atoms with Gasteiger partial charge < -0.3 is 10.2 Å². The second-order valence-corrected chi connectivity index (χ2v) is 3.84. The Morgan fingerprint density at radius 3 is 2.88 bits per heavy atom. The maximum absolute atomic E-state index is 11.4. The van der Waals surface area contributed by atoms with Crippen molar-refractivity contribution in [2.45, 2.75) is 6.42 Å². The highest BCUT2D eigenvalue weighted by molar-refractivity contribution is 6.51. The molecular formula is C12H11N3O2. The second kappa shape index (κ2) is 4.26. The summed E-state index contributed by atoms with van der Waals surface area (Å²) in [4.78, 5) is 24.4. The van der Waals surface area contributed by atoms with Crippen molar-refractivity contribution in [3.8, 4) is 6.07 Å². The smallest absolute Gasteiger partial charge is 0.296 e. The zero-order chi connectivity index (χ0) is 12.4. The number of anilines is 2. The lowest BCUT2D eigenvalue weighted by Crippen LogP contribution is -2.18. The van der Waals surface area contributed by atoms with Crippen LogP contribution in [0.15, 0.2) is 18.2 Å². The summed E-state index contributed by atoms with van der Waals surface area (Å²) < 4.78 is 0. The first-order valence-corrected chi connectivity index (χ1v) is 5.21. The largest absolute Gasteiger partial charge is 0.374 e. The van der Waals surface area contributed by atoms with E-state index >= 15 is 0 Å². The van der Waals surface area contributed by atoms with Crippen LogP contribution in [0.2, 0.25) is 0 Å². The lowest BCUT2D eigenvalue weighted by atomic mass is 10.1. The molecule has 0 saturated carbocycles. The van der Waals surface area contributed by atoms with Gasteiger partial charge in [0.2, 0.25) is 0 Å². The number of fused-ring (bicyclic) bond motifs is 1. The summed E-state index contributed by atoms with van der Waals surface area (Å²) in [5.74, 6) is -1.08. The van der Waals surface area contributed by atoms with Gasteiger partial charge in [0.05, 0.1) is 23.7 Å². The fourth-order valence-corrected chi connectivity index (χ4v) is 1.72. The monoisotopic (exact) mass is 229 g/mol. The van der Waals surface area contributed by atoms with Crippen LogP contribution in [-0.2, 0) is 4.79 Å². The van der Waals surface area contributed by atoms with Crippen molar-refractivity contribution in [2.24, 2.45) is 0 Å². The van der Waals surface area contributed by atoms with Crippen molar-refractivity contribution in [2.75, 3.05) is 23.8 Å². The summed E-state index contributed by atoms with van der Waals surface area (Å²) in [7, 11) is 1.86. The number of rotatable bonds is 3. The van der Waals surface area contributed by atoms with Crippen molar-refractivity contribution in [3.05, 3.63) is 23.8 Å². The van der Waals surface area contributed by atoms with Gasteiger partial charge in [-0.1, -0.05) is 0 Å². The molecule has 1 N–H and O–H groups in total. The first-order valence-electron chi connectivity index (χ1n) is 5.21. The summed E-state index contributed by atoms with van der Waals surface area (Å²) in [5, 5.41) is 11.0. The summed E-state index contributed by atoms with van der Waals surface area (Å²) >= 11 is 0. The van der Waals surface area contributed by atoms with E-state index in [4.69, 9.17) is 5.26 Å². The van der Waals surface area contributed by atoms with Crippen LogP contribution in [0.5, 0.6) is 0 Å². The molecule has 0 radical (unpaired) electrons. The molecule has 1 aromatic rings. The maximum Gasteiger partial charge on any atom is 0.296 e. The highest BCUT2D eigenvalue weighted by atomic mass is 16.2. The molecule has 5 heteroatoms. The van der Waals surface area contributed by atoms with Crippen LogP contribution in [0, 0.1) is 11.3 Å². The lowest BCUT2D eigenvalue weighted by Gasteiger charge is -2.18. The minimum absolute atomic E-state index is 0.410. The van der Waals surface area contributed by atoms with Crippen molar-refractivity contribution in [1.29, 1.82) is 5.26 Å². The summed E-state index contributed by atoms with van der Waals surface area (Å²) in [6.07, 6.45) is 0.429. The number of carbonyl (C=O) groups excluding carboxylic acids is 2. The quantitative estimate of drug-likeness (QED) is 0.789. The van der Waals surface area contributed by atoms with Gasteiger partial charge in [0, 0.05) is 19.3 Å². The van der Waals surface area contributed by atoms with E-state index in [0.29, 0.717) is 24.2 Å². The average Bonchev–Trinajstić information content (AvgIpc) is 2.61. The number of hydrogen-bond acceptors (Lipinski definition) is 4. The standard InChI is InChI=1S/C12H11N3O2/c1-15(6-2-5-13)8-3-4-9-10(7-8)14-12(17)11(9)16/h3-4,7H,2,6H2,1H3,(H,14,16,17). The molecule has 1 aromatic carbocycles. The third-order valence-electron chi connectivity index (χ3n) is 2.70. The molecular weight excluding hydrogens is 218 g/mol. The highest BCUT2D eigenvalue weighted by Gasteiger charge is 2.27. The van der Waals surface area contributed by atoms with Crippen LogP contribution >= 0.6 is 0 Å². The Labute approximate surface area is 98.6 Å². The molecule has 0 aliphatic carbocycles. The van der Waals surface area contributed by atoms with Crippen LogP contribution in [0.3, 0.4) is 0 Å². The Kier molecular flexibility index (Phi) is 2.79. The van der Waals surface area contributed by atoms with Crippen LogP contribution in [0.25, 0.3) is 0 Å². The van der Waals surface area contributed by atoms with E-state index in [2.05, 4.69) is 11.4 Å². The number of hydrogen-bond donors (Lipinski definition) is 1. The Bertz CT molecular complexity index is 531. The van der Waals surface area contributed by atoms with E-state index in [0.717, 1.165) is 5.69 Å². The van der Waals surface area contributed by atoms with Gasteiger partial charge in [-0.25, -0.2) is 0 Å². The van der Waals surface area contributed by atoms with E-state index in [1.165, 1.54) is 0 Å². The number of carbonyl (C=O) groups is 2. The van der Waals surface area contributed by atoms with E-state index in [-0.39, 0.29) is 0 Å². The number of amides is 1. The van der Waals surface area contributed by atoms with Crippen molar-refractivity contribution in [1.82, 2.24) is 0 Å². The van der Waals surface area contributed by atoms with E-state index in [9.17, 15) is 9.59 Å². The molecule has 0 fully saturated rings. The predicted molar refractivity (Wildman–Crippen MR) is 62.9 cm³/mol. The van der Waals surface area contributed by atoms with E-state index in [1.807, 2.05) is 11.9 Å². The minimum Gasteiger partial charge on any atom is -0.374 e. The third-order valence-corrected chi connectivity index (χ3v) is 2.70. The van der Waals surface area contributed by atoms with Crippen LogP contribution < -0.4 is 10.2 Å². The molecule has 1 aliphatic heterocycles. The van der Waals surface area contributed by atoms with Gasteiger partial charge in [-0.15, -0.1) is 0 Å². The number of benzene rings is 1. The number of nitrogens with zero attached hydrogens (tertiary/aromatic N) is 2. The normalized spacial score (nSPS) is 12.9. The molecule has 1 heterocycles. The fraction of sp³-hybridized carbons (Fsp3) is 0.250. The molecule has 1 amide bonds. The predicted octanol–water partition coefficient (Wildman–Crippen LogP) is 1.17. The van der Waals surface area contributed by atoms with E-state index < -0.39 is 11.7 Å². The van der Waals surface area contributed by atoms with Gasteiger partial charge in [0.1, 0.15) is 0 Å². The number of nitriles is 1.